The van der Waals surface area contributed by atoms with Crippen LogP contribution in [0.2, 0.25) is 0 Å². The largest absolute Gasteiger partial charge is 0.393 e. The summed E-state index contributed by atoms with van der Waals surface area (Å²) in [6.07, 6.45) is 32.1. The molecule has 0 saturated heterocycles. The summed E-state index contributed by atoms with van der Waals surface area (Å²) in [5, 5.41) is 15.7. The second-order valence-corrected chi connectivity index (χ2v) is 14.8. The second-order valence-electron chi connectivity index (χ2n) is 14.8. The molecule has 2 N–H and O–H groups in total. The number of hydrogen-bond donors (Lipinski definition) is 2. The van der Waals surface area contributed by atoms with E-state index in [1.165, 1.54) is 148 Å². The molecule has 42 heavy (non-hydrogen) atoms. The zero-order valence-corrected chi connectivity index (χ0v) is 29.1. The number of ether oxygens (including phenoxy) is 2. The van der Waals surface area contributed by atoms with Gasteiger partial charge in [0.15, 0.2) is 0 Å². The van der Waals surface area contributed by atoms with Gasteiger partial charge in [-0.05, 0) is 56.3 Å². The summed E-state index contributed by atoms with van der Waals surface area (Å²) >= 11 is 0. The van der Waals surface area contributed by atoms with E-state index in [-0.39, 0.29) is 17.9 Å². The van der Waals surface area contributed by atoms with Crippen molar-refractivity contribution in [2.75, 3.05) is 20.3 Å². The van der Waals surface area contributed by atoms with Crippen molar-refractivity contribution in [1.29, 1.82) is 0 Å². The van der Waals surface area contributed by atoms with Crippen molar-refractivity contribution in [2.24, 2.45) is 23.7 Å². The first-order valence-corrected chi connectivity index (χ1v) is 19.0. The fraction of sp³-hybridized carbons (Fsp3) is 1.00. The number of hydrogen-bond acceptors (Lipinski definition) is 4. The van der Waals surface area contributed by atoms with Crippen LogP contribution in [0.3, 0.4) is 0 Å². The van der Waals surface area contributed by atoms with Gasteiger partial charge in [-0.1, -0.05) is 149 Å². The molecule has 4 unspecified atom stereocenters. The number of aliphatic hydroxyl groups excluding tert-OH is 1. The van der Waals surface area contributed by atoms with Crippen LogP contribution in [-0.4, -0.2) is 43.3 Å². The minimum atomic E-state index is -0.180. The van der Waals surface area contributed by atoms with Gasteiger partial charge in [-0.15, -0.1) is 0 Å². The molecule has 2 fully saturated rings. The summed E-state index contributed by atoms with van der Waals surface area (Å²) in [4.78, 5) is 0. The van der Waals surface area contributed by atoms with Crippen LogP contribution in [-0.2, 0) is 9.47 Å². The summed E-state index contributed by atoms with van der Waals surface area (Å²) in [5.74, 6) is 2.35. The predicted octanol–water partition coefficient (Wildman–Crippen LogP) is 10.6. The Morgan fingerprint density at radius 1 is 0.738 bits per heavy atom. The van der Waals surface area contributed by atoms with Gasteiger partial charge in [0.25, 0.3) is 0 Å². The molecule has 2 saturated carbocycles. The van der Waals surface area contributed by atoms with Gasteiger partial charge < -0.3 is 14.6 Å². The van der Waals surface area contributed by atoms with Gasteiger partial charge in [0.1, 0.15) is 6.23 Å². The third kappa shape index (κ3) is 15.7. The van der Waals surface area contributed by atoms with Gasteiger partial charge >= 0.3 is 0 Å². The highest BCUT2D eigenvalue weighted by atomic mass is 16.5. The van der Waals surface area contributed by atoms with E-state index >= 15 is 0 Å². The van der Waals surface area contributed by atoms with Crippen molar-refractivity contribution >= 4 is 0 Å². The van der Waals surface area contributed by atoms with Gasteiger partial charge in [-0.25, -0.2) is 0 Å². The highest BCUT2D eigenvalue weighted by Gasteiger charge is 2.54. The van der Waals surface area contributed by atoms with Crippen LogP contribution >= 0.6 is 0 Å². The zero-order valence-electron chi connectivity index (χ0n) is 29.1. The Kier molecular flexibility index (Phi) is 21.0. The number of rotatable bonds is 28. The van der Waals surface area contributed by atoms with E-state index in [1.807, 2.05) is 0 Å². The van der Waals surface area contributed by atoms with Crippen LogP contribution in [0.4, 0.5) is 0 Å². The van der Waals surface area contributed by atoms with E-state index in [0.717, 1.165) is 12.3 Å². The first kappa shape index (κ1) is 38.0. The fourth-order valence-electron chi connectivity index (χ4n) is 8.32. The van der Waals surface area contributed by atoms with Crippen molar-refractivity contribution < 1.29 is 14.6 Å². The monoisotopic (exact) mass is 594 g/mol. The standard InChI is InChI=1S/C38H75NO3/c1-6-7-8-9-10-11-12-13-14-15-16-17-21-27-36(40)35(26-22-25-34-23-19-18-20-24-34)37(32(2)3)38(28-29-38)39-33(4)42-31-30-41-5/h32-37,39-40H,6-31H2,1-5H3. The van der Waals surface area contributed by atoms with Crippen LogP contribution in [0.25, 0.3) is 0 Å². The molecule has 0 aromatic carbocycles. The van der Waals surface area contributed by atoms with Crippen LogP contribution in [0.15, 0.2) is 0 Å². The van der Waals surface area contributed by atoms with Crippen LogP contribution < -0.4 is 5.32 Å². The Morgan fingerprint density at radius 3 is 1.83 bits per heavy atom. The van der Waals surface area contributed by atoms with Crippen LogP contribution in [0.5, 0.6) is 0 Å². The molecule has 250 valence electrons. The Bertz CT molecular complexity index is 615. The van der Waals surface area contributed by atoms with Gasteiger partial charge in [-0.3, -0.25) is 5.32 Å². The van der Waals surface area contributed by atoms with Crippen molar-refractivity contribution in [3.63, 3.8) is 0 Å². The summed E-state index contributed by atoms with van der Waals surface area (Å²) < 4.78 is 11.2. The molecule has 0 aromatic rings. The molecule has 2 aliphatic carbocycles. The number of unbranched alkanes of at least 4 members (excludes halogenated alkanes) is 12. The summed E-state index contributed by atoms with van der Waals surface area (Å²) in [6, 6.07) is 0. The second kappa shape index (κ2) is 23.2. The molecule has 0 amide bonds. The molecular weight excluding hydrogens is 518 g/mol. The molecule has 4 heteroatoms. The average molecular weight is 594 g/mol. The van der Waals surface area contributed by atoms with Crippen molar-refractivity contribution in [3.8, 4) is 0 Å². The lowest BCUT2D eigenvalue weighted by Crippen LogP contribution is -2.51. The molecule has 0 aromatic heterocycles. The fourth-order valence-corrected chi connectivity index (χ4v) is 8.32. The lowest BCUT2D eigenvalue weighted by molar-refractivity contribution is -0.0253. The van der Waals surface area contributed by atoms with E-state index in [1.54, 1.807) is 7.11 Å². The van der Waals surface area contributed by atoms with Crippen LogP contribution in [0.1, 0.15) is 182 Å². The lowest BCUT2D eigenvalue weighted by atomic mass is 9.70. The highest BCUT2D eigenvalue weighted by Crippen LogP contribution is 2.51. The number of methoxy groups -OCH3 is 1. The van der Waals surface area contributed by atoms with E-state index in [9.17, 15) is 5.11 Å². The summed E-state index contributed by atoms with van der Waals surface area (Å²) in [5.41, 5.74) is 0.118. The van der Waals surface area contributed by atoms with E-state index < -0.39 is 0 Å². The highest BCUT2D eigenvalue weighted by molar-refractivity contribution is 5.10. The Hall–Kier alpha value is -0.160. The maximum Gasteiger partial charge on any atom is 0.105 e. The predicted molar refractivity (Wildman–Crippen MR) is 181 cm³/mol. The molecule has 4 atom stereocenters. The van der Waals surface area contributed by atoms with Gasteiger partial charge in [0, 0.05) is 12.6 Å². The summed E-state index contributed by atoms with van der Waals surface area (Å²) in [7, 11) is 1.73. The third-order valence-electron chi connectivity index (χ3n) is 10.7. The van der Waals surface area contributed by atoms with Crippen LogP contribution in [0, 0.1) is 23.7 Å². The first-order chi connectivity index (χ1) is 20.4. The topological polar surface area (TPSA) is 50.7 Å². The normalized spacial score (nSPS) is 20.1. The first-order valence-electron chi connectivity index (χ1n) is 19.0. The molecule has 0 radical (unpaired) electrons. The summed E-state index contributed by atoms with van der Waals surface area (Å²) in [6.45, 7) is 10.5. The van der Waals surface area contributed by atoms with E-state index in [0.29, 0.717) is 31.0 Å². The SMILES string of the molecule is CCCCCCCCCCCCCCCC(O)C(CCCC1CCCCC1)C(C(C)C)C1(NC(C)OCCOC)CC1. The molecule has 2 rings (SSSR count). The average Bonchev–Trinajstić information content (AvgIpc) is 3.74. The molecule has 2 aliphatic rings. The maximum absolute atomic E-state index is 11.8. The van der Waals surface area contributed by atoms with Crippen molar-refractivity contribution in [2.45, 2.75) is 200 Å². The molecule has 0 bridgehead atoms. The number of nitrogens with one attached hydrogen (secondary N) is 1. The third-order valence-corrected chi connectivity index (χ3v) is 10.7. The minimum absolute atomic E-state index is 0.0185. The minimum Gasteiger partial charge on any atom is -0.393 e. The lowest BCUT2D eigenvalue weighted by Gasteiger charge is -2.41. The molecule has 0 spiro atoms. The molecular formula is C38H75NO3. The van der Waals surface area contributed by atoms with Crippen molar-refractivity contribution in [1.82, 2.24) is 5.32 Å². The molecule has 4 nitrogen and oxygen atoms in total. The molecule has 0 aliphatic heterocycles. The maximum atomic E-state index is 11.8. The van der Waals surface area contributed by atoms with Crippen molar-refractivity contribution in [3.05, 3.63) is 0 Å². The Labute approximate surface area is 263 Å². The quantitative estimate of drug-likeness (QED) is 0.0700. The molecule has 0 heterocycles. The number of aliphatic hydroxyl groups is 1. The van der Waals surface area contributed by atoms with Gasteiger partial charge in [0.05, 0.1) is 19.3 Å². The smallest absolute Gasteiger partial charge is 0.105 e. The van der Waals surface area contributed by atoms with Gasteiger partial charge in [-0.2, -0.15) is 0 Å². The van der Waals surface area contributed by atoms with E-state index in [2.05, 4.69) is 33.0 Å². The zero-order chi connectivity index (χ0) is 30.5. The van der Waals surface area contributed by atoms with E-state index in [4.69, 9.17) is 9.47 Å². The van der Waals surface area contributed by atoms with Gasteiger partial charge in [0.2, 0.25) is 0 Å². The Morgan fingerprint density at radius 2 is 1.31 bits per heavy atom. The Balaban J connectivity index is 1.81.